The van der Waals surface area contributed by atoms with Gasteiger partial charge in [-0.2, -0.15) is 0 Å². The van der Waals surface area contributed by atoms with E-state index in [4.69, 9.17) is 27.9 Å². The van der Waals surface area contributed by atoms with E-state index >= 15 is 0 Å². The van der Waals surface area contributed by atoms with Gasteiger partial charge >= 0.3 is 0 Å². The zero-order chi connectivity index (χ0) is 22.8. The number of rotatable bonds is 6. The van der Waals surface area contributed by atoms with Gasteiger partial charge in [0.05, 0.1) is 17.9 Å². The average Bonchev–Trinajstić information content (AvgIpc) is 3.02. The van der Waals surface area contributed by atoms with Gasteiger partial charge in [-0.1, -0.05) is 41.4 Å². The summed E-state index contributed by atoms with van der Waals surface area (Å²) in [6, 6.07) is 19.0. The lowest BCUT2D eigenvalue weighted by Crippen LogP contribution is -2.32. The number of benzene rings is 3. The molecular formula is C25H20Cl2N2O3. The molecule has 0 spiro atoms. The first-order chi connectivity index (χ1) is 15.4. The van der Waals surface area contributed by atoms with Gasteiger partial charge < -0.3 is 10.1 Å². The summed E-state index contributed by atoms with van der Waals surface area (Å²) in [6.07, 6.45) is 0. The average molecular weight is 467 g/mol. The molecule has 0 saturated heterocycles. The van der Waals surface area contributed by atoms with Crippen LogP contribution in [0.3, 0.4) is 0 Å². The van der Waals surface area contributed by atoms with Crippen molar-refractivity contribution < 1.29 is 14.3 Å². The topological polar surface area (TPSA) is 58.6 Å². The second kappa shape index (κ2) is 9.07. The lowest BCUT2D eigenvalue weighted by molar-refractivity contribution is -0.120. The molecule has 1 N–H and O–H groups in total. The van der Waals surface area contributed by atoms with Crippen LogP contribution in [0.15, 0.2) is 72.4 Å². The number of nitrogens with zero attached hydrogens (tertiary/aromatic N) is 1. The Balaban J connectivity index is 1.79. The third-order valence-corrected chi connectivity index (χ3v) is 5.81. The van der Waals surface area contributed by atoms with Crippen molar-refractivity contribution in [2.45, 2.75) is 13.8 Å². The molecule has 7 heteroatoms. The van der Waals surface area contributed by atoms with Gasteiger partial charge in [0.15, 0.2) is 0 Å². The number of halogens is 2. The summed E-state index contributed by atoms with van der Waals surface area (Å²) in [4.78, 5) is 28.1. The van der Waals surface area contributed by atoms with Gasteiger partial charge in [-0.15, -0.1) is 0 Å². The predicted molar refractivity (Wildman–Crippen MR) is 128 cm³/mol. The summed E-state index contributed by atoms with van der Waals surface area (Å²) in [5.41, 5.74) is 2.90. The maximum Gasteiger partial charge on any atom is 0.282 e. The number of carbonyl (C=O) groups excluding carboxylic acids is 2. The zero-order valence-electron chi connectivity index (χ0n) is 17.5. The van der Waals surface area contributed by atoms with Crippen molar-refractivity contribution in [3.05, 3.63) is 93.6 Å². The van der Waals surface area contributed by atoms with E-state index in [1.54, 1.807) is 60.7 Å². The van der Waals surface area contributed by atoms with Crippen molar-refractivity contribution in [1.82, 2.24) is 0 Å². The Hall–Kier alpha value is -3.28. The van der Waals surface area contributed by atoms with Crippen molar-refractivity contribution in [1.29, 1.82) is 0 Å². The Labute approximate surface area is 196 Å². The highest BCUT2D eigenvalue weighted by Gasteiger charge is 2.40. The Morgan fingerprint density at radius 1 is 0.906 bits per heavy atom. The second-order valence-electron chi connectivity index (χ2n) is 7.17. The minimum atomic E-state index is -0.455. The van der Waals surface area contributed by atoms with Crippen LogP contribution < -0.4 is 15.0 Å². The molecule has 3 aromatic carbocycles. The Bertz CT molecular complexity index is 1220. The molecule has 0 atom stereocenters. The molecule has 1 heterocycles. The fraction of sp³-hybridized carbons (Fsp3) is 0.120. The summed E-state index contributed by atoms with van der Waals surface area (Å²) in [7, 11) is 0. The fourth-order valence-electron chi connectivity index (χ4n) is 3.50. The molecule has 0 fully saturated rings. The first kappa shape index (κ1) is 21.9. The molecule has 1 aliphatic rings. The van der Waals surface area contributed by atoms with E-state index in [2.05, 4.69) is 5.32 Å². The second-order valence-corrected chi connectivity index (χ2v) is 8.01. The molecule has 2 amide bonds. The number of nitrogens with one attached hydrogen (secondary N) is 1. The SMILES string of the molecule is CCOc1ccc(N2C(=O)C(Nc3cccc(Cl)c3C)=C(c3ccc(Cl)cc3)C2=O)cc1. The van der Waals surface area contributed by atoms with E-state index in [0.717, 1.165) is 10.5 Å². The van der Waals surface area contributed by atoms with Crippen LogP contribution >= 0.6 is 23.2 Å². The van der Waals surface area contributed by atoms with Crippen molar-refractivity contribution in [3.63, 3.8) is 0 Å². The molecule has 0 bridgehead atoms. The molecule has 162 valence electrons. The quantitative estimate of drug-likeness (QED) is 0.446. The lowest BCUT2D eigenvalue weighted by atomic mass is 10.0. The molecule has 5 nitrogen and oxygen atoms in total. The van der Waals surface area contributed by atoms with Crippen LogP contribution in [0.4, 0.5) is 11.4 Å². The number of ether oxygens (including phenoxy) is 1. The summed E-state index contributed by atoms with van der Waals surface area (Å²) >= 11 is 12.3. The van der Waals surface area contributed by atoms with Crippen molar-refractivity contribution >= 4 is 52.0 Å². The third kappa shape index (κ3) is 4.09. The van der Waals surface area contributed by atoms with Crippen LogP contribution in [0, 0.1) is 6.92 Å². The maximum atomic E-state index is 13.5. The van der Waals surface area contributed by atoms with Gasteiger partial charge in [-0.3, -0.25) is 9.59 Å². The largest absolute Gasteiger partial charge is 0.494 e. The number of imide groups is 1. The van der Waals surface area contributed by atoms with Crippen LogP contribution in [0.25, 0.3) is 5.57 Å². The van der Waals surface area contributed by atoms with E-state index in [9.17, 15) is 9.59 Å². The van der Waals surface area contributed by atoms with Crippen LogP contribution in [0.2, 0.25) is 10.0 Å². The molecule has 3 aromatic rings. The summed E-state index contributed by atoms with van der Waals surface area (Å²) < 4.78 is 5.47. The van der Waals surface area contributed by atoms with Crippen LogP contribution in [-0.4, -0.2) is 18.4 Å². The molecule has 0 aromatic heterocycles. The normalized spacial score (nSPS) is 13.7. The van der Waals surface area contributed by atoms with E-state index < -0.39 is 11.8 Å². The van der Waals surface area contributed by atoms with Gasteiger partial charge in [-0.05, 0) is 73.5 Å². The van der Waals surface area contributed by atoms with Gasteiger partial charge in [0.1, 0.15) is 11.4 Å². The molecular weight excluding hydrogens is 447 g/mol. The van der Waals surface area contributed by atoms with Gasteiger partial charge in [0.2, 0.25) is 0 Å². The molecule has 0 unspecified atom stereocenters. The van der Waals surface area contributed by atoms with Gasteiger partial charge in [0.25, 0.3) is 11.8 Å². The Kier molecular flexibility index (Phi) is 6.21. The number of anilines is 2. The predicted octanol–water partition coefficient (Wildman–Crippen LogP) is 6.10. The minimum Gasteiger partial charge on any atom is -0.494 e. The van der Waals surface area contributed by atoms with E-state index in [0.29, 0.717) is 39.3 Å². The number of amides is 2. The molecule has 32 heavy (non-hydrogen) atoms. The Morgan fingerprint density at radius 2 is 1.59 bits per heavy atom. The van der Waals surface area contributed by atoms with Gasteiger partial charge in [-0.25, -0.2) is 4.90 Å². The first-order valence-electron chi connectivity index (χ1n) is 10.0. The first-order valence-corrected chi connectivity index (χ1v) is 10.8. The fourth-order valence-corrected chi connectivity index (χ4v) is 3.80. The molecule has 1 aliphatic heterocycles. The van der Waals surface area contributed by atoms with Crippen molar-refractivity contribution in [2.75, 3.05) is 16.8 Å². The highest BCUT2D eigenvalue weighted by Crippen LogP contribution is 2.36. The Morgan fingerprint density at radius 3 is 2.25 bits per heavy atom. The van der Waals surface area contributed by atoms with Crippen molar-refractivity contribution in [2.24, 2.45) is 0 Å². The van der Waals surface area contributed by atoms with E-state index in [1.807, 2.05) is 19.9 Å². The monoisotopic (exact) mass is 466 g/mol. The zero-order valence-corrected chi connectivity index (χ0v) is 19.0. The van der Waals surface area contributed by atoms with Crippen LogP contribution in [-0.2, 0) is 9.59 Å². The number of hydrogen-bond acceptors (Lipinski definition) is 4. The summed E-state index contributed by atoms with van der Waals surface area (Å²) in [5, 5.41) is 4.25. The molecule has 0 saturated carbocycles. The number of hydrogen-bond donors (Lipinski definition) is 1. The number of carbonyl (C=O) groups is 2. The summed E-state index contributed by atoms with van der Waals surface area (Å²) in [5.74, 6) is -0.221. The van der Waals surface area contributed by atoms with E-state index in [1.165, 1.54) is 0 Å². The molecule has 0 radical (unpaired) electrons. The highest BCUT2D eigenvalue weighted by molar-refractivity contribution is 6.46. The lowest BCUT2D eigenvalue weighted by Gasteiger charge is -2.16. The van der Waals surface area contributed by atoms with Crippen LogP contribution in [0.1, 0.15) is 18.1 Å². The minimum absolute atomic E-state index is 0.177. The molecule has 4 rings (SSSR count). The standard InChI is InChI=1S/C25H20Cl2N2O3/c1-3-32-19-13-11-18(12-14-19)29-24(30)22(16-7-9-17(26)10-8-16)23(25(29)31)28-21-6-4-5-20(27)15(21)2/h4-14,28H,3H2,1-2H3. The van der Waals surface area contributed by atoms with Crippen molar-refractivity contribution in [3.8, 4) is 5.75 Å². The maximum absolute atomic E-state index is 13.5. The highest BCUT2D eigenvalue weighted by atomic mass is 35.5. The van der Waals surface area contributed by atoms with Crippen LogP contribution in [0.5, 0.6) is 5.75 Å². The summed E-state index contributed by atoms with van der Waals surface area (Å²) in [6.45, 7) is 4.26. The third-order valence-electron chi connectivity index (χ3n) is 5.15. The smallest absolute Gasteiger partial charge is 0.282 e. The molecule has 0 aliphatic carbocycles. The van der Waals surface area contributed by atoms with Gasteiger partial charge in [0, 0.05) is 15.7 Å². The van der Waals surface area contributed by atoms with E-state index in [-0.39, 0.29) is 11.3 Å².